The molecular weight excluding hydrogens is 378 g/mol. The van der Waals surface area contributed by atoms with Gasteiger partial charge in [0.05, 0.1) is 24.2 Å². The van der Waals surface area contributed by atoms with Crippen LogP contribution in [0, 0.1) is 5.92 Å². The highest BCUT2D eigenvalue weighted by Crippen LogP contribution is 2.26. The molecule has 158 valence electrons. The fraction of sp³-hybridized carbons (Fsp3) is 0.391. The predicted molar refractivity (Wildman–Crippen MR) is 120 cm³/mol. The van der Waals surface area contributed by atoms with E-state index in [2.05, 4.69) is 24.9 Å². The quantitative estimate of drug-likeness (QED) is 0.629. The molecule has 1 fully saturated rings. The van der Waals surface area contributed by atoms with Crippen LogP contribution in [-0.2, 0) is 9.53 Å². The van der Waals surface area contributed by atoms with Crippen LogP contribution in [0.25, 0.3) is 16.9 Å². The number of hydrogen-bond acceptors (Lipinski definition) is 5. The Morgan fingerprint density at radius 3 is 2.80 bits per heavy atom. The number of ether oxygens (including phenoxy) is 1. The maximum Gasteiger partial charge on any atom is 0.227 e. The highest BCUT2D eigenvalue weighted by Gasteiger charge is 2.24. The molecule has 0 bridgehead atoms. The number of likely N-dealkylation sites (tertiary alicyclic amines) is 1. The van der Waals surface area contributed by atoms with Crippen LogP contribution in [0.5, 0.6) is 0 Å². The Labute approximate surface area is 177 Å². The van der Waals surface area contributed by atoms with E-state index < -0.39 is 0 Å². The van der Waals surface area contributed by atoms with Crippen LogP contribution in [-0.4, -0.2) is 60.6 Å². The number of anilines is 2. The second kappa shape index (κ2) is 9.28. The number of amides is 1. The molecule has 0 radical (unpaired) electrons. The molecule has 0 aliphatic carbocycles. The maximum atomic E-state index is 12.8. The number of pyridine rings is 1. The van der Waals surface area contributed by atoms with Crippen LogP contribution in [0.3, 0.4) is 0 Å². The molecule has 1 aliphatic heterocycles. The molecule has 30 heavy (non-hydrogen) atoms. The SMILES string of the molecule is CNc1ccc2ncc(-c3cccc(NC(=O)C4CCN(CCOC)CC4)c3)n2c1. The lowest BCUT2D eigenvalue weighted by atomic mass is 9.96. The molecule has 0 atom stereocenters. The van der Waals surface area contributed by atoms with Gasteiger partial charge in [-0.25, -0.2) is 4.98 Å². The maximum absolute atomic E-state index is 12.8. The van der Waals surface area contributed by atoms with E-state index in [1.54, 1.807) is 7.11 Å². The standard InChI is InChI=1S/C23H29N5O2/c1-24-20-6-7-22-25-15-21(28(22)16-20)18-4-3-5-19(14-18)26-23(29)17-8-10-27(11-9-17)12-13-30-2/h3-7,14-17,24H,8-13H2,1-2H3,(H,26,29). The molecular formula is C23H29N5O2. The summed E-state index contributed by atoms with van der Waals surface area (Å²) in [7, 11) is 3.62. The monoisotopic (exact) mass is 407 g/mol. The van der Waals surface area contributed by atoms with Crippen molar-refractivity contribution in [2.24, 2.45) is 5.92 Å². The number of carbonyl (C=O) groups excluding carboxylic acids is 1. The summed E-state index contributed by atoms with van der Waals surface area (Å²) in [6, 6.07) is 12.0. The summed E-state index contributed by atoms with van der Waals surface area (Å²) in [6.07, 6.45) is 5.66. The minimum atomic E-state index is 0.0569. The third-order valence-electron chi connectivity index (χ3n) is 5.79. The summed E-state index contributed by atoms with van der Waals surface area (Å²) >= 11 is 0. The lowest BCUT2D eigenvalue weighted by Gasteiger charge is -2.31. The molecule has 7 heteroatoms. The van der Waals surface area contributed by atoms with Crippen LogP contribution in [0.4, 0.5) is 11.4 Å². The van der Waals surface area contributed by atoms with Gasteiger partial charge in [-0.15, -0.1) is 0 Å². The molecule has 3 aromatic rings. The fourth-order valence-corrected chi connectivity index (χ4v) is 3.98. The minimum Gasteiger partial charge on any atom is -0.387 e. The number of hydrogen-bond donors (Lipinski definition) is 2. The molecule has 0 unspecified atom stereocenters. The molecule has 7 nitrogen and oxygen atoms in total. The van der Waals surface area contributed by atoms with Crippen molar-refractivity contribution in [3.8, 4) is 11.3 Å². The molecule has 4 rings (SSSR count). The largest absolute Gasteiger partial charge is 0.387 e. The van der Waals surface area contributed by atoms with E-state index in [1.807, 2.05) is 55.8 Å². The first-order chi connectivity index (χ1) is 14.7. The highest BCUT2D eigenvalue weighted by molar-refractivity contribution is 5.93. The lowest BCUT2D eigenvalue weighted by molar-refractivity contribution is -0.121. The third kappa shape index (κ3) is 4.47. The van der Waals surface area contributed by atoms with Crippen LogP contribution < -0.4 is 10.6 Å². The summed E-state index contributed by atoms with van der Waals surface area (Å²) in [5.41, 5.74) is 4.73. The van der Waals surface area contributed by atoms with Crippen molar-refractivity contribution in [2.45, 2.75) is 12.8 Å². The molecule has 3 heterocycles. The summed E-state index contributed by atoms with van der Waals surface area (Å²) in [5.74, 6) is 0.163. The van der Waals surface area contributed by atoms with Gasteiger partial charge in [-0.2, -0.15) is 0 Å². The van der Waals surface area contributed by atoms with E-state index in [0.717, 1.165) is 67.4 Å². The number of fused-ring (bicyclic) bond motifs is 1. The molecule has 1 aromatic carbocycles. The molecule has 2 aromatic heterocycles. The van der Waals surface area contributed by atoms with Gasteiger partial charge in [0.25, 0.3) is 0 Å². The number of benzene rings is 1. The Morgan fingerprint density at radius 1 is 1.20 bits per heavy atom. The molecule has 1 aliphatic rings. The summed E-state index contributed by atoms with van der Waals surface area (Å²) in [4.78, 5) is 19.7. The number of methoxy groups -OCH3 is 1. The summed E-state index contributed by atoms with van der Waals surface area (Å²) in [6.45, 7) is 3.55. The molecule has 2 N–H and O–H groups in total. The van der Waals surface area contributed by atoms with Gasteiger partial charge in [0, 0.05) is 44.1 Å². The normalized spacial score (nSPS) is 15.4. The van der Waals surface area contributed by atoms with Crippen LogP contribution in [0.15, 0.2) is 48.8 Å². The van der Waals surface area contributed by atoms with E-state index in [-0.39, 0.29) is 11.8 Å². The van der Waals surface area contributed by atoms with Gasteiger partial charge in [-0.3, -0.25) is 9.20 Å². The average Bonchev–Trinajstić information content (AvgIpc) is 3.21. The zero-order chi connectivity index (χ0) is 20.9. The molecule has 0 spiro atoms. The number of carbonyl (C=O) groups is 1. The van der Waals surface area contributed by atoms with Gasteiger partial charge in [-0.1, -0.05) is 12.1 Å². The van der Waals surface area contributed by atoms with E-state index in [0.29, 0.717) is 0 Å². The van der Waals surface area contributed by atoms with Crippen molar-refractivity contribution in [1.29, 1.82) is 0 Å². The Bertz CT molecular complexity index is 1010. The van der Waals surface area contributed by atoms with Gasteiger partial charge < -0.3 is 20.3 Å². The molecule has 1 amide bonds. The number of rotatable bonds is 7. The first kappa shape index (κ1) is 20.4. The van der Waals surface area contributed by atoms with Gasteiger partial charge in [0.15, 0.2) is 0 Å². The second-order valence-corrected chi connectivity index (χ2v) is 7.72. The number of aromatic nitrogens is 2. The Balaban J connectivity index is 1.45. The zero-order valence-electron chi connectivity index (χ0n) is 17.6. The first-order valence-electron chi connectivity index (χ1n) is 10.5. The minimum absolute atomic E-state index is 0.0569. The molecule has 1 saturated heterocycles. The van der Waals surface area contributed by atoms with E-state index in [4.69, 9.17) is 4.74 Å². The summed E-state index contributed by atoms with van der Waals surface area (Å²) < 4.78 is 7.21. The van der Waals surface area contributed by atoms with Crippen LogP contribution in [0.2, 0.25) is 0 Å². The number of nitrogens with zero attached hydrogens (tertiary/aromatic N) is 3. The van der Waals surface area contributed by atoms with Gasteiger partial charge in [0.2, 0.25) is 5.91 Å². The molecule has 0 saturated carbocycles. The first-order valence-corrected chi connectivity index (χ1v) is 10.5. The topological polar surface area (TPSA) is 70.9 Å². The number of piperidine rings is 1. The number of imidazole rings is 1. The third-order valence-corrected chi connectivity index (χ3v) is 5.79. The Hall–Kier alpha value is -2.90. The number of nitrogens with one attached hydrogen (secondary N) is 2. The Morgan fingerprint density at radius 2 is 2.03 bits per heavy atom. The van der Waals surface area contributed by atoms with E-state index in [9.17, 15) is 4.79 Å². The Kier molecular flexibility index (Phi) is 6.30. The van der Waals surface area contributed by atoms with Crippen molar-refractivity contribution < 1.29 is 9.53 Å². The summed E-state index contributed by atoms with van der Waals surface area (Å²) in [5, 5.41) is 6.28. The van der Waals surface area contributed by atoms with E-state index in [1.165, 1.54) is 0 Å². The van der Waals surface area contributed by atoms with Crippen molar-refractivity contribution in [3.63, 3.8) is 0 Å². The van der Waals surface area contributed by atoms with Gasteiger partial charge >= 0.3 is 0 Å². The van der Waals surface area contributed by atoms with Crippen molar-refractivity contribution in [3.05, 3.63) is 48.8 Å². The smallest absolute Gasteiger partial charge is 0.227 e. The van der Waals surface area contributed by atoms with Crippen molar-refractivity contribution >= 4 is 22.9 Å². The fourth-order valence-electron chi connectivity index (χ4n) is 3.98. The van der Waals surface area contributed by atoms with Crippen LogP contribution >= 0.6 is 0 Å². The zero-order valence-corrected chi connectivity index (χ0v) is 17.6. The predicted octanol–water partition coefficient (Wildman–Crippen LogP) is 3.34. The van der Waals surface area contributed by atoms with Crippen LogP contribution in [0.1, 0.15) is 12.8 Å². The van der Waals surface area contributed by atoms with Gasteiger partial charge in [-0.05, 0) is 50.2 Å². The average molecular weight is 408 g/mol. The van der Waals surface area contributed by atoms with Gasteiger partial charge in [0.1, 0.15) is 5.65 Å². The van der Waals surface area contributed by atoms with Crippen molar-refractivity contribution in [1.82, 2.24) is 14.3 Å². The van der Waals surface area contributed by atoms with Crippen molar-refractivity contribution in [2.75, 3.05) is 51.0 Å². The second-order valence-electron chi connectivity index (χ2n) is 7.72. The lowest BCUT2D eigenvalue weighted by Crippen LogP contribution is -2.39. The highest BCUT2D eigenvalue weighted by atomic mass is 16.5. The van der Waals surface area contributed by atoms with E-state index >= 15 is 0 Å².